The van der Waals surface area contributed by atoms with Crippen LogP contribution in [0.25, 0.3) is 0 Å². The Labute approximate surface area is 181 Å². The summed E-state index contributed by atoms with van der Waals surface area (Å²) in [5, 5.41) is 8.66. The molecule has 1 aromatic carbocycles. The van der Waals surface area contributed by atoms with Gasteiger partial charge in [0.05, 0.1) is 10.6 Å². The number of sulfonamides is 1. The number of hydrogen-bond donors (Lipinski definition) is 0. The van der Waals surface area contributed by atoms with E-state index in [0.29, 0.717) is 43.2 Å². The van der Waals surface area contributed by atoms with Gasteiger partial charge in [-0.1, -0.05) is 49.2 Å². The zero-order valence-corrected chi connectivity index (χ0v) is 18.4. The quantitative estimate of drug-likeness (QED) is 0.624. The summed E-state index contributed by atoms with van der Waals surface area (Å²) in [4.78, 5) is 14.5. The number of rotatable bonds is 6. The molecular weight excluding hydrogens is 424 g/mol. The molecule has 1 aliphatic carbocycles. The van der Waals surface area contributed by atoms with Crippen LogP contribution in [0.5, 0.6) is 0 Å². The molecule has 1 aliphatic heterocycles. The minimum absolute atomic E-state index is 0.0471. The standard InChI is InChI=1S/C20H26N4O4S2/c25-18(15-29-20-22-21-19(28-20)16-7-3-1-4-8-16)23-11-13-24(14-12-23)30(26,27)17-9-5-2-6-10-17/h2,5-6,9-10,16H,1,3-4,7-8,11-15H2. The second-order valence-electron chi connectivity index (χ2n) is 7.63. The van der Waals surface area contributed by atoms with Crippen molar-refractivity contribution in [2.45, 2.75) is 48.1 Å². The Bertz CT molecular complexity index is 950. The van der Waals surface area contributed by atoms with Crippen molar-refractivity contribution in [3.8, 4) is 0 Å². The van der Waals surface area contributed by atoms with Crippen molar-refractivity contribution in [3.63, 3.8) is 0 Å². The van der Waals surface area contributed by atoms with E-state index in [1.807, 2.05) is 0 Å². The van der Waals surface area contributed by atoms with Gasteiger partial charge in [-0.25, -0.2) is 8.42 Å². The SMILES string of the molecule is O=C(CSc1nnc(C2CCCCC2)o1)N1CCN(S(=O)(=O)c2ccccc2)CC1. The molecule has 162 valence electrons. The first-order chi connectivity index (χ1) is 14.5. The molecule has 2 aromatic rings. The molecule has 10 heteroatoms. The van der Waals surface area contributed by atoms with Gasteiger partial charge in [-0.05, 0) is 25.0 Å². The number of nitrogens with zero attached hydrogens (tertiary/aromatic N) is 4. The van der Waals surface area contributed by atoms with Crippen molar-refractivity contribution in [2.75, 3.05) is 31.9 Å². The highest BCUT2D eigenvalue weighted by molar-refractivity contribution is 7.99. The summed E-state index contributed by atoms with van der Waals surface area (Å²) < 4.78 is 32.6. The smallest absolute Gasteiger partial charge is 0.277 e. The highest BCUT2D eigenvalue weighted by Crippen LogP contribution is 2.33. The van der Waals surface area contributed by atoms with E-state index >= 15 is 0 Å². The summed E-state index contributed by atoms with van der Waals surface area (Å²) in [5.41, 5.74) is 0. The topological polar surface area (TPSA) is 96.6 Å². The number of benzene rings is 1. The van der Waals surface area contributed by atoms with Gasteiger partial charge in [0.2, 0.25) is 21.8 Å². The summed E-state index contributed by atoms with van der Waals surface area (Å²) in [7, 11) is -3.52. The lowest BCUT2D eigenvalue weighted by Crippen LogP contribution is -2.50. The highest BCUT2D eigenvalue weighted by atomic mass is 32.2. The van der Waals surface area contributed by atoms with E-state index in [4.69, 9.17) is 4.42 Å². The first kappa shape index (κ1) is 21.3. The van der Waals surface area contributed by atoms with Crippen LogP contribution in [0.15, 0.2) is 44.9 Å². The number of carbonyl (C=O) groups excluding carboxylic acids is 1. The Morgan fingerprint density at radius 3 is 2.43 bits per heavy atom. The third kappa shape index (κ3) is 4.87. The van der Waals surface area contributed by atoms with Gasteiger partial charge in [0.1, 0.15) is 0 Å². The predicted molar refractivity (Wildman–Crippen MR) is 113 cm³/mol. The van der Waals surface area contributed by atoms with E-state index in [-0.39, 0.29) is 16.6 Å². The van der Waals surface area contributed by atoms with Gasteiger partial charge in [-0.15, -0.1) is 10.2 Å². The van der Waals surface area contributed by atoms with Gasteiger partial charge in [-0.2, -0.15) is 4.31 Å². The molecule has 8 nitrogen and oxygen atoms in total. The molecule has 1 saturated heterocycles. The van der Waals surface area contributed by atoms with Crippen LogP contribution in [0.2, 0.25) is 0 Å². The van der Waals surface area contributed by atoms with Gasteiger partial charge in [0, 0.05) is 32.1 Å². The average molecular weight is 451 g/mol. The van der Waals surface area contributed by atoms with Gasteiger partial charge < -0.3 is 9.32 Å². The largest absolute Gasteiger partial charge is 0.416 e. The van der Waals surface area contributed by atoms with E-state index in [0.717, 1.165) is 12.8 Å². The van der Waals surface area contributed by atoms with E-state index in [9.17, 15) is 13.2 Å². The van der Waals surface area contributed by atoms with Crippen molar-refractivity contribution in [2.24, 2.45) is 0 Å². The molecule has 0 bridgehead atoms. The maximum absolute atomic E-state index is 12.7. The number of piperazine rings is 1. The van der Waals surface area contributed by atoms with Crippen LogP contribution < -0.4 is 0 Å². The summed E-state index contributed by atoms with van der Waals surface area (Å²) in [5.74, 6) is 1.19. The van der Waals surface area contributed by atoms with Gasteiger partial charge >= 0.3 is 0 Å². The molecule has 30 heavy (non-hydrogen) atoms. The molecule has 0 unspecified atom stereocenters. The monoisotopic (exact) mass is 450 g/mol. The van der Waals surface area contributed by atoms with Crippen molar-refractivity contribution in [1.29, 1.82) is 0 Å². The van der Waals surface area contributed by atoms with Gasteiger partial charge in [-0.3, -0.25) is 4.79 Å². The molecule has 0 atom stereocenters. The van der Waals surface area contributed by atoms with E-state index in [1.54, 1.807) is 35.2 Å². The molecule has 1 amide bonds. The lowest BCUT2D eigenvalue weighted by molar-refractivity contribution is -0.129. The van der Waals surface area contributed by atoms with Crippen LogP contribution in [0, 0.1) is 0 Å². The van der Waals surface area contributed by atoms with Crippen LogP contribution in [-0.2, 0) is 14.8 Å². The van der Waals surface area contributed by atoms with Crippen molar-refractivity contribution in [3.05, 3.63) is 36.2 Å². The number of hydrogen-bond acceptors (Lipinski definition) is 7. The van der Waals surface area contributed by atoms with Crippen LogP contribution in [0.4, 0.5) is 0 Å². The normalized spacial score (nSPS) is 19.1. The predicted octanol–water partition coefficient (Wildman–Crippen LogP) is 2.74. The summed E-state index contributed by atoms with van der Waals surface area (Å²) >= 11 is 1.25. The van der Waals surface area contributed by atoms with Crippen molar-refractivity contribution >= 4 is 27.7 Å². The Morgan fingerprint density at radius 1 is 1.03 bits per heavy atom. The summed E-state index contributed by atoms with van der Waals surface area (Å²) in [6.07, 6.45) is 5.82. The molecule has 0 spiro atoms. The fourth-order valence-corrected chi connectivity index (χ4v) is 6.04. The zero-order chi connectivity index (χ0) is 21.0. The maximum Gasteiger partial charge on any atom is 0.277 e. The highest BCUT2D eigenvalue weighted by Gasteiger charge is 2.30. The molecule has 2 aliphatic rings. The second kappa shape index (κ2) is 9.49. The number of amides is 1. The Hall–Kier alpha value is -1.91. The molecule has 2 heterocycles. The Kier molecular flexibility index (Phi) is 6.74. The third-order valence-corrected chi connectivity index (χ3v) is 8.38. The molecule has 2 fully saturated rings. The Balaban J connectivity index is 1.26. The van der Waals surface area contributed by atoms with Crippen LogP contribution in [-0.4, -0.2) is 65.7 Å². The zero-order valence-electron chi connectivity index (χ0n) is 16.8. The summed E-state index contributed by atoms with van der Waals surface area (Å²) in [6, 6.07) is 8.39. The molecule has 1 saturated carbocycles. The lowest BCUT2D eigenvalue weighted by Gasteiger charge is -2.33. The first-order valence-electron chi connectivity index (χ1n) is 10.3. The minimum Gasteiger partial charge on any atom is -0.416 e. The lowest BCUT2D eigenvalue weighted by atomic mass is 9.89. The molecule has 0 N–H and O–H groups in total. The number of aromatic nitrogens is 2. The summed E-state index contributed by atoms with van der Waals surface area (Å²) in [6.45, 7) is 1.34. The second-order valence-corrected chi connectivity index (χ2v) is 10.5. The fourth-order valence-electron chi connectivity index (χ4n) is 3.93. The van der Waals surface area contributed by atoms with E-state index in [1.165, 1.54) is 35.3 Å². The van der Waals surface area contributed by atoms with Crippen molar-refractivity contribution in [1.82, 2.24) is 19.4 Å². The maximum atomic E-state index is 12.7. The van der Waals surface area contributed by atoms with E-state index < -0.39 is 10.0 Å². The average Bonchev–Trinajstić information content (AvgIpc) is 3.28. The van der Waals surface area contributed by atoms with Crippen LogP contribution in [0.3, 0.4) is 0 Å². The van der Waals surface area contributed by atoms with Crippen LogP contribution in [0.1, 0.15) is 43.9 Å². The molecule has 1 aromatic heterocycles. The Morgan fingerprint density at radius 2 is 1.73 bits per heavy atom. The molecule has 4 rings (SSSR count). The van der Waals surface area contributed by atoms with Crippen molar-refractivity contribution < 1.29 is 17.6 Å². The van der Waals surface area contributed by atoms with E-state index in [2.05, 4.69) is 10.2 Å². The molecular formula is C20H26N4O4S2. The fraction of sp³-hybridized carbons (Fsp3) is 0.550. The number of thioether (sulfide) groups is 1. The minimum atomic E-state index is -3.52. The van der Waals surface area contributed by atoms with Gasteiger partial charge in [0.15, 0.2) is 0 Å². The first-order valence-corrected chi connectivity index (χ1v) is 12.8. The molecule has 0 radical (unpaired) electrons. The number of carbonyl (C=O) groups is 1. The third-order valence-electron chi connectivity index (χ3n) is 5.67. The van der Waals surface area contributed by atoms with Crippen LogP contribution >= 0.6 is 11.8 Å². The van der Waals surface area contributed by atoms with Gasteiger partial charge in [0.25, 0.3) is 5.22 Å².